The highest BCUT2D eigenvalue weighted by Gasteiger charge is 2.29. The van der Waals surface area contributed by atoms with Crippen molar-refractivity contribution in [1.82, 2.24) is 0 Å². The van der Waals surface area contributed by atoms with Crippen molar-refractivity contribution >= 4 is 11.8 Å². The summed E-state index contributed by atoms with van der Waals surface area (Å²) in [6, 6.07) is 5.57. The van der Waals surface area contributed by atoms with Crippen LogP contribution in [0.1, 0.15) is 23.7 Å². The van der Waals surface area contributed by atoms with E-state index in [2.05, 4.69) is 6.58 Å². The molecule has 0 aliphatic carbocycles. The van der Waals surface area contributed by atoms with E-state index in [4.69, 9.17) is 4.74 Å². The number of Topliss-reactive ketones (excluding diaryl/α,β-unsaturated/α-hetero) is 1. The van der Waals surface area contributed by atoms with E-state index >= 15 is 0 Å². The molecule has 1 rings (SSSR count). The maximum Gasteiger partial charge on any atom is 0.317 e. The highest BCUT2D eigenvalue weighted by Crippen LogP contribution is 2.17. The Hall–Kier alpha value is -1.97. The molecule has 0 amide bonds. The van der Waals surface area contributed by atoms with Crippen LogP contribution in [-0.4, -0.2) is 18.4 Å². The largest absolute Gasteiger partial charge is 0.465 e. The Bertz CT molecular complexity index is 454. The first-order chi connectivity index (χ1) is 8.61. The smallest absolute Gasteiger partial charge is 0.317 e. The monoisotopic (exact) mass is 250 g/mol. The molecule has 1 atom stereocenters. The summed E-state index contributed by atoms with van der Waals surface area (Å²) in [5.41, 5.74) is -0.0996. The van der Waals surface area contributed by atoms with Crippen LogP contribution in [0, 0.1) is 11.7 Å². The predicted molar refractivity (Wildman–Crippen MR) is 65.7 cm³/mol. The molecule has 0 radical (unpaired) electrons. The fourth-order valence-electron chi connectivity index (χ4n) is 1.57. The molecular formula is C14H15FO3. The van der Waals surface area contributed by atoms with Gasteiger partial charge in [0.15, 0.2) is 5.78 Å². The summed E-state index contributed by atoms with van der Waals surface area (Å²) >= 11 is 0. The van der Waals surface area contributed by atoms with Crippen LogP contribution in [0.15, 0.2) is 36.9 Å². The highest BCUT2D eigenvalue weighted by atomic mass is 19.1. The first-order valence-corrected chi connectivity index (χ1v) is 5.68. The Balaban J connectivity index is 2.99. The summed E-state index contributed by atoms with van der Waals surface area (Å²) in [5.74, 6) is -2.89. The number of ketones is 1. The van der Waals surface area contributed by atoms with E-state index in [0.717, 1.165) is 0 Å². The van der Waals surface area contributed by atoms with Gasteiger partial charge in [-0.25, -0.2) is 4.39 Å². The molecule has 0 bridgehead atoms. The van der Waals surface area contributed by atoms with Gasteiger partial charge in [-0.3, -0.25) is 9.59 Å². The molecule has 0 saturated carbocycles. The number of halogens is 1. The van der Waals surface area contributed by atoms with Gasteiger partial charge in [-0.1, -0.05) is 18.2 Å². The average Bonchev–Trinajstić information content (AvgIpc) is 2.36. The molecule has 96 valence electrons. The number of carbonyl (C=O) groups excluding carboxylic acids is 2. The first-order valence-electron chi connectivity index (χ1n) is 5.68. The van der Waals surface area contributed by atoms with Crippen LogP contribution >= 0.6 is 0 Å². The number of hydrogen-bond acceptors (Lipinski definition) is 3. The zero-order chi connectivity index (χ0) is 13.5. The average molecular weight is 250 g/mol. The number of benzene rings is 1. The number of rotatable bonds is 6. The summed E-state index contributed by atoms with van der Waals surface area (Å²) < 4.78 is 18.3. The summed E-state index contributed by atoms with van der Waals surface area (Å²) in [6.07, 6.45) is 1.58. The van der Waals surface area contributed by atoms with Gasteiger partial charge in [-0.15, -0.1) is 6.58 Å². The molecule has 3 nitrogen and oxygen atoms in total. The molecule has 18 heavy (non-hydrogen) atoms. The molecule has 0 N–H and O–H groups in total. The van der Waals surface area contributed by atoms with Gasteiger partial charge in [0.05, 0.1) is 12.2 Å². The molecule has 0 spiro atoms. The number of esters is 1. The fourth-order valence-corrected chi connectivity index (χ4v) is 1.57. The van der Waals surface area contributed by atoms with Gasteiger partial charge in [0, 0.05) is 0 Å². The second-order valence-electron chi connectivity index (χ2n) is 3.67. The number of hydrogen-bond donors (Lipinski definition) is 0. The molecule has 0 saturated heterocycles. The maximum absolute atomic E-state index is 13.5. The second-order valence-corrected chi connectivity index (χ2v) is 3.67. The van der Waals surface area contributed by atoms with E-state index in [-0.39, 0.29) is 18.6 Å². The second kappa shape index (κ2) is 6.69. The van der Waals surface area contributed by atoms with Crippen LogP contribution in [-0.2, 0) is 9.53 Å². The minimum absolute atomic E-state index is 0.0996. The third-order valence-electron chi connectivity index (χ3n) is 2.43. The topological polar surface area (TPSA) is 43.4 Å². The van der Waals surface area contributed by atoms with Crippen LogP contribution in [0.5, 0.6) is 0 Å². The van der Waals surface area contributed by atoms with Gasteiger partial charge in [0.2, 0.25) is 0 Å². The highest BCUT2D eigenvalue weighted by molar-refractivity contribution is 6.08. The molecule has 0 aromatic heterocycles. The lowest BCUT2D eigenvalue weighted by molar-refractivity contribution is -0.146. The molecule has 0 heterocycles. The van der Waals surface area contributed by atoms with Crippen LogP contribution in [0.4, 0.5) is 4.39 Å². The van der Waals surface area contributed by atoms with Gasteiger partial charge >= 0.3 is 5.97 Å². The number of allylic oxidation sites excluding steroid dienone is 1. The van der Waals surface area contributed by atoms with Crippen molar-refractivity contribution < 1.29 is 18.7 Å². The van der Waals surface area contributed by atoms with Crippen LogP contribution in [0.2, 0.25) is 0 Å². The Kier molecular flexibility index (Phi) is 5.24. The van der Waals surface area contributed by atoms with Crippen molar-refractivity contribution in [3.05, 3.63) is 48.3 Å². The van der Waals surface area contributed by atoms with Crippen LogP contribution in [0.25, 0.3) is 0 Å². The van der Waals surface area contributed by atoms with E-state index in [1.54, 1.807) is 13.0 Å². The third kappa shape index (κ3) is 3.26. The fraction of sp³-hybridized carbons (Fsp3) is 0.286. The maximum atomic E-state index is 13.5. The van der Waals surface area contributed by atoms with E-state index in [1.165, 1.54) is 24.3 Å². The lowest BCUT2D eigenvalue weighted by atomic mass is 9.94. The first kappa shape index (κ1) is 14.1. The summed E-state index contributed by atoms with van der Waals surface area (Å²) in [5, 5.41) is 0. The molecule has 0 aliphatic rings. The van der Waals surface area contributed by atoms with Crippen molar-refractivity contribution in [2.75, 3.05) is 6.61 Å². The van der Waals surface area contributed by atoms with E-state index in [9.17, 15) is 14.0 Å². The summed E-state index contributed by atoms with van der Waals surface area (Å²) in [4.78, 5) is 23.7. The van der Waals surface area contributed by atoms with Gasteiger partial charge in [0.25, 0.3) is 0 Å². The van der Waals surface area contributed by atoms with Crippen molar-refractivity contribution in [2.24, 2.45) is 5.92 Å². The number of ether oxygens (including phenoxy) is 1. The van der Waals surface area contributed by atoms with Crippen molar-refractivity contribution in [3.8, 4) is 0 Å². The van der Waals surface area contributed by atoms with Crippen LogP contribution < -0.4 is 0 Å². The third-order valence-corrected chi connectivity index (χ3v) is 2.43. The molecule has 4 heteroatoms. The summed E-state index contributed by atoms with van der Waals surface area (Å²) in [7, 11) is 0. The normalized spacial score (nSPS) is 11.7. The Morgan fingerprint density at radius 2 is 2.11 bits per heavy atom. The van der Waals surface area contributed by atoms with E-state index in [1.807, 2.05) is 0 Å². The Morgan fingerprint density at radius 3 is 2.67 bits per heavy atom. The molecule has 0 aliphatic heterocycles. The minimum Gasteiger partial charge on any atom is -0.465 e. The molecule has 0 fully saturated rings. The van der Waals surface area contributed by atoms with Gasteiger partial charge in [0.1, 0.15) is 11.7 Å². The van der Waals surface area contributed by atoms with Gasteiger partial charge in [-0.2, -0.15) is 0 Å². The lowest BCUT2D eigenvalue weighted by Gasteiger charge is -2.13. The van der Waals surface area contributed by atoms with Crippen molar-refractivity contribution in [3.63, 3.8) is 0 Å². The van der Waals surface area contributed by atoms with Crippen LogP contribution in [0.3, 0.4) is 0 Å². The van der Waals surface area contributed by atoms with Gasteiger partial charge < -0.3 is 4.74 Å². The van der Waals surface area contributed by atoms with Crippen molar-refractivity contribution in [1.29, 1.82) is 0 Å². The summed E-state index contributed by atoms with van der Waals surface area (Å²) in [6.45, 7) is 5.31. The standard InChI is InChI=1S/C14H15FO3/c1-3-7-11(14(17)18-4-2)13(16)10-8-5-6-9-12(10)15/h3,5-6,8-9,11H,1,4,7H2,2H3. The SMILES string of the molecule is C=CCC(C(=O)OCC)C(=O)c1ccccc1F. The number of carbonyl (C=O) groups is 2. The molecule has 1 aromatic rings. The van der Waals surface area contributed by atoms with E-state index in [0.29, 0.717) is 0 Å². The zero-order valence-electron chi connectivity index (χ0n) is 10.2. The minimum atomic E-state index is -1.03. The van der Waals surface area contributed by atoms with Crippen molar-refractivity contribution in [2.45, 2.75) is 13.3 Å². The quantitative estimate of drug-likeness (QED) is 0.337. The molecule has 1 unspecified atom stereocenters. The van der Waals surface area contributed by atoms with Gasteiger partial charge in [-0.05, 0) is 25.5 Å². The Morgan fingerprint density at radius 1 is 1.44 bits per heavy atom. The van der Waals surface area contributed by atoms with E-state index < -0.39 is 23.5 Å². The Labute approximate surface area is 105 Å². The lowest BCUT2D eigenvalue weighted by Crippen LogP contribution is -2.26. The predicted octanol–water partition coefficient (Wildman–Crippen LogP) is 2.76. The molecular weight excluding hydrogens is 235 g/mol. The molecule has 1 aromatic carbocycles. The zero-order valence-corrected chi connectivity index (χ0v) is 10.2.